The molecule has 0 aromatic heterocycles. The molecule has 6 unspecified atom stereocenters. The Bertz CT molecular complexity index is 706. The van der Waals surface area contributed by atoms with Gasteiger partial charge in [-0.2, -0.15) is 0 Å². The van der Waals surface area contributed by atoms with E-state index in [1.54, 1.807) is 0 Å². The molecule has 0 saturated carbocycles. The highest BCUT2D eigenvalue weighted by atomic mass is 27.3. The molecule has 0 radical (unpaired) electrons. The van der Waals surface area contributed by atoms with E-state index in [4.69, 9.17) is 0 Å². The summed E-state index contributed by atoms with van der Waals surface area (Å²) in [5.41, 5.74) is 0. The van der Waals surface area contributed by atoms with Gasteiger partial charge in [-0.1, -0.05) is 0 Å². The summed E-state index contributed by atoms with van der Waals surface area (Å²) in [5.74, 6) is -10.4. The number of aliphatic hydroxyl groups excluding tert-OH is 6. The van der Waals surface area contributed by atoms with Crippen LogP contribution in [0.15, 0.2) is 0 Å². The number of hydrogen-bond donors (Lipinski definition) is 6. The highest BCUT2D eigenvalue weighted by molar-refractivity contribution is 6.46. The molecular formula is C12H12AlBO18. The predicted molar refractivity (Wildman–Crippen MR) is 84.1 cm³/mol. The molecule has 0 bridgehead atoms. The largest absolute Gasteiger partial charge is 1.20 e. The molecule has 6 atom stereocenters. The summed E-state index contributed by atoms with van der Waals surface area (Å²) in [6, 6.07) is 0. The van der Waals surface area contributed by atoms with Crippen LogP contribution >= 0.6 is 0 Å². The quantitative estimate of drug-likeness (QED) is 0.198. The van der Waals surface area contributed by atoms with E-state index in [1.807, 2.05) is 0 Å². The first-order chi connectivity index (χ1) is 14.8. The first kappa shape index (κ1) is 25.4. The molecule has 174 valence electrons. The smallest absolute Gasteiger partial charge is 0.549 e. The average Bonchev–Trinajstić information content (AvgIpc) is 2.88. The van der Waals surface area contributed by atoms with Crippen LogP contribution in [-0.2, 0) is 54.1 Å². The molecular weight excluding hydrogens is 470 g/mol. The lowest BCUT2D eigenvalue weighted by Crippen LogP contribution is -2.47. The van der Waals surface area contributed by atoms with Gasteiger partial charge in [-0.05, 0) is 0 Å². The molecule has 2 aliphatic heterocycles. The van der Waals surface area contributed by atoms with Gasteiger partial charge < -0.3 is 56.0 Å². The van der Waals surface area contributed by atoms with Crippen molar-refractivity contribution < 1.29 is 84.7 Å². The first-order valence-electron chi connectivity index (χ1n) is 8.14. The second kappa shape index (κ2) is 10.2. The van der Waals surface area contributed by atoms with Crippen molar-refractivity contribution in [1.82, 2.24) is 0 Å². The van der Waals surface area contributed by atoms with Crippen LogP contribution < -0.4 is 0 Å². The van der Waals surface area contributed by atoms with Gasteiger partial charge >= 0.3 is 58.3 Å². The van der Waals surface area contributed by atoms with Crippen molar-refractivity contribution in [2.45, 2.75) is 36.6 Å². The summed E-state index contributed by atoms with van der Waals surface area (Å²) in [6.45, 7) is 0. The van der Waals surface area contributed by atoms with Crippen molar-refractivity contribution in [3.8, 4) is 0 Å². The first-order valence-corrected chi connectivity index (χ1v) is 9.56. The van der Waals surface area contributed by atoms with Crippen LogP contribution in [0.1, 0.15) is 0 Å². The molecule has 0 aromatic rings. The third-order valence-electron chi connectivity index (χ3n) is 3.62. The SMILES string of the molecule is O=C1OB(OC(=O)C(O)C(O)C(=O)[O][Al]2[O]C(=O)C(O)C(O)C(=O)[O]2)OC(=O)C(O)C1O. The van der Waals surface area contributed by atoms with Crippen LogP contribution in [0.2, 0.25) is 0 Å². The van der Waals surface area contributed by atoms with Gasteiger partial charge in [0.2, 0.25) is 0 Å². The van der Waals surface area contributed by atoms with Gasteiger partial charge in [0.25, 0.3) is 0 Å². The third-order valence-corrected chi connectivity index (χ3v) is 4.89. The van der Waals surface area contributed by atoms with Gasteiger partial charge in [-0.15, -0.1) is 0 Å². The van der Waals surface area contributed by atoms with Crippen LogP contribution in [0.25, 0.3) is 0 Å². The number of hydrogen-bond acceptors (Lipinski definition) is 18. The van der Waals surface area contributed by atoms with Gasteiger partial charge in [-0.3, -0.25) is 28.8 Å². The summed E-state index contributed by atoms with van der Waals surface area (Å²) in [4.78, 5) is 69.2. The summed E-state index contributed by atoms with van der Waals surface area (Å²) in [6.07, 6.45) is -15.1. The molecule has 2 aliphatic rings. The molecule has 2 fully saturated rings. The summed E-state index contributed by atoms with van der Waals surface area (Å²) >= 11 is -4.11. The van der Waals surface area contributed by atoms with Crippen molar-refractivity contribution in [3.63, 3.8) is 0 Å². The second-order valence-corrected chi connectivity index (χ2v) is 7.15. The van der Waals surface area contributed by atoms with E-state index in [9.17, 15) is 59.4 Å². The highest BCUT2D eigenvalue weighted by Crippen LogP contribution is 2.13. The molecule has 18 nitrogen and oxygen atoms in total. The molecule has 2 rings (SSSR count). The zero-order valence-electron chi connectivity index (χ0n) is 15.2. The summed E-state index contributed by atoms with van der Waals surface area (Å²) in [7, 11) is -2.53. The molecule has 2 heterocycles. The Kier molecular flexibility index (Phi) is 8.11. The Morgan fingerprint density at radius 1 is 0.750 bits per heavy atom. The van der Waals surface area contributed by atoms with Crippen LogP contribution in [0.4, 0.5) is 0 Å². The zero-order chi connectivity index (χ0) is 24.3. The fraction of sp³-hybridized carbons (Fsp3) is 0.500. The maximum atomic E-state index is 11.8. The van der Waals surface area contributed by atoms with E-state index in [0.29, 0.717) is 0 Å². The Morgan fingerprint density at radius 3 is 1.56 bits per heavy atom. The molecule has 2 saturated heterocycles. The predicted octanol–water partition coefficient (Wildman–Crippen LogP) is -7.59. The molecule has 0 aromatic carbocycles. The topological polar surface area (TPSA) is 279 Å². The summed E-state index contributed by atoms with van der Waals surface area (Å²) < 4.78 is 25.7. The lowest BCUT2D eigenvalue weighted by atomic mass is 10.1. The van der Waals surface area contributed by atoms with E-state index in [0.717, 1.165) is 0 Å². The Hall–Kier alpha value is -2.82. The number of rotatable bonds is 5. The normalized spacial score (nSPS) is 28.2. The molecule has 20 heteroatoms. The number of aliphatic hydroxyl groups is 6. The highest BCUT2D eigenvalue weighted by Gasteiger charge is 2.56. The second-order valence-electron chi connectivity index (χ2n) is 5.87. The van der Waals surface area contributed by atoms with Crippen molar-refractivity contribution in [2.24, 2.45) is 0 Å². The minimum absolute atomic E-state index is 1.61. The average molecular weight is 482 g/mol. The third kappa shape index (κ3) is 5.70. The standard InChI is InChI=1S/C8H9BO12.C4H6O6.Al/c10-1(5(14)15)2(11)6(16)19-9-20-7(17)3(12)4(13)8(18)21-9;5-1(3(7)8)2(6)4(9)10;/h1-4,10-13H,(H,14,15);1-2,5-6H,(H,7,8)(H,9,10);/q;;+3/p-3. The molecule has 6 N–H and O–H groups in total. The van der Waals surface area contributed by atoms with Crippen molar-refractivity contribution in [3.05, 3.63) is 0 Å². The molecule has 0 spiro atoms. The van der Waals surface area contributed by atoms with Crippen LogP contribution in [0.3, 0.4) is 0 Å². The zero-order valence-corrected chi connectivity index (χ0v) is 16.4. The monoisotopic (exact) mass is 482 g/mol. The molecule has 0 aliphatic carbocycles. The number of carbonyl (C=O) groups is 6. The fourth-order valence-electron chi connectivity index (χ4n) is 1.91. The maximum absolute atomic E-state index is 11.8. The van der Waals surface area contributed by atoms with E-state index in [-0.39, 0.29) is 0 Å². The van der Waals surface area contributed by atoms with Crippen LogP contribution in [-0.4, -0.2) is 126 Å². The van der Waals surface area contributed by atoms with E-state index in [1.165, 1.54) is 0 Å². The minimum Gasteiger partial charge on any atom is -0.549 e. The van der Waals surface area contributed by atoms with Crippen LogP contribution in [0, 0.1) is 0 Å². The maximum Gasteiger partial charge on any atom is 1.20 e. The fourth-order valence-corrected chi connectivity index (χ4v) is 3.04. The Labute approximate surface area is 180 Å². The van der Waals surface area contributed by atoms with Gasteiger partial charge in [0.1, 0.15) is 0 Å². The van der Waals surface area contributed by atoms with Gasteiger partial charge in [0.05, 0.1) is 0 Å². The molecule has 0 amide bonds. The van der Waals surface area contributed by atoms with Gasteiger partial charge in [0, 0.05) is 0 Å². The van der Waals surface area contributed by atoms with Gasteiger partial charge in [-0.25, -0.2) is 0 Å². The Morgan fingerprint density at radius 2 is 1.12 bits per heavy atom. The lowest BCUT2D eigenvalue weighted by Gasteiger charge is -2.18. The molecule has 32 heavy (non-hydrogen) atoms. The van der Waals surface area contributed by atoms with Crippen LogP contribution in [0.5, 0.6) is 0 Å². The minimum atomic E-state index is -4.11. The van der Waals surface area contributed by atoms with Gasteiger partial charge in [0.15, 0.2) is 36.6 Å². The Balaban J connectivity index is 1.97. The summed E-state index contributed by atoms with van der Waals surface area (Å²) in [5, 5.41) is 56.4. The van der Waals surface area contributed by atoms with E-state index in [2.05, 4.69) is 25.3 Å². The van der Waals surface area contributed by atoms with Crippen molar-refractivity contribution >= 4 is 58.3 Å². The van der Waals surface area contributed by atoms with E-state index < -0.39 is 94.9 Å². The van der Waals surface area contributed by atoms with Crippen molar-refractivity contribution in [1.29, 1.82) is 0 Å². The number of carbonyl (C=O) groups excluding carboxylic acids is 6. The van der Waals surface area contributed by atoms with Crippen molar-refractivity contribution in [2.75, 3.05) is 0 Å². The van der Waals surface area contributed by atoms with E-state index >= 15 is 0 Å². The lowest BCUT2D eigenvalue weighted by molar-refractivity contribution is -0.168.